The molecule has 1 aromatic rings. The molecule has 1 N–H and O–H groups in total. The molecule has 0 aromatic carbocycles. The van der Waals surface area contributed by atoms with Gasteiger partial charge in [-0.05, 0) is 19.9 Å². The van der Waals surface area contributed by atoms with Crippen LogP contribution in [0.3, 0.4) is 0 Å². The fraction of sp³-hybridized carbons (Fsp3) is 0.273. The molecule has 0 fully saturated rings. The van der Waals surface area contributed by atoms with Crippen molar-refractivity contribution in [3.63, 3.8) is 0 Å². The van der Waals surface area contributed by atoms with E-state index in [-0.39, 0.29) is 5.56 Å². The van der Waals surface area contributed by atoms with Crippen LogP contribution in [0.5, 0.6) is 0 Å². The first kappa shape index (κ1) is 11.1. The van der Waals surface area contributed by atoms with Crippen molar-refractivity contribution in [2.24, 2.45) is 0 Å². The smallest absolute Gasteiger partial charge is 0.384 e. The fourth-order valence-corrected chi connectivity index (χ4v) is 0.999. The largest absolute Gasteiger partial charge is 0.456 e. The van der Waals surface area contributed by atoms with E-state index < -0.39 is 5.97 Å². The summed E-state index contributed by atoms with van der Waals surface area (Å²) in [4.78, 5) is 24.4. The Labute approximate surface area is 87.3 Å². The van der Waals surface area contributed by atoms with Gasteiger partial charge in [0.15, 0.2) is 0 Å². The SMILES string of the molecule is CCOC(=O)C#Cc1ccc(=O)[nH]c1C. The first-order valence-corrected chi connectivity index (χ1v) is 4.52. The van der Waals surface area contributed by atoms with Gasteiger partial charge in [0.2, 0.25) is 5.56 Å². The van der Waals surface area contributed by atoms with E-state index in [4.69, 9.17) is 0 Å². The molecule has 0 aliphatic rings. The zero-order valence-electron chi connectivity index (χ0n) is 8.59. The van der Waals surface area contributed by atoms with Crippen molar-refractivity contribution in [2.45, 2.75) is 13.8 Å². The number of H-pyrrole nitrogens is 1. The molecule has 0 saturated carbocycles. The lowest BCUT2D eigenvalue weighted by Crippen LogP contribution is -2.06. The van der Waals surface area contributed by atoms with Gasteiger partial charge >= 0.3 is 5.97 Å². The van der Waals surface area contributed by atoms with Gasteiger partial charge in [-0.15, -0.1) is 0 Å². The van der Waals surface area contributed by atoms with Gasteiger partial charge < -0.3 is 9.72 Å². The first-order chi connectivity index (χ1) is 7.13. The molecule has 0 radical (unpaired) electrons. The lowest BCUT2D eigenvalue weighted by Gasteiger charge is -1.95. The summed E-state index contributed by atoms with van der Waals surface area (Å²) in [6, 6.07) is 2.93. The normalized spacial score (nSPS) is 8.93. The molecule has 0 saturated heterocycles. The van der Waals surface area contributed by atoms with Crippen LogP contribution < -0.4 is 5.56 Å². The number of ether oxygens (including phenoxy) is 1. The Morgan fingerprint density at radius 2 is 2.27 bits per heavy atom. The Bertz CT molecular complexity index is 477. The van der Waals surface area contributed by atoms with Gasteiger partial charge in [0.1, 0.15) is 0 Å². The van der Waals surface area contributed by atoms with E-state index in [2.05, 4.69) is 21.6 Å². The lowest BCUT2D eigenvalue weighted by molar-refractivity contribution is -0.136. The van der Waals surface area contributed by atoms with E-state index >= 15 is 0 Å². The number of hydrogen-bond acceptors (Lipinski definition) is 3. The summed E-state index contributed by atoms with van der Waals surface area (Å²) in [6.07, 6.45) is 0. The number of pyridine rings is 1. The standard InChI is InChI=1S/C11H11NO3/c1-3-15-11(14)7-5-9-4-6-10(13)12-8(9)2/h4,6H,3H2,1-2H3,(H,12,13). The summed E-state index contributed by atoms with van der Waals surface area (Å²) >= 11 is 0. The predicted octanol–water partition coefficient (Wildman–Crippen LogP) is 0.598. The van der Waals surface area contributed by atoms with Gasteiger partial charge in [0.05, 0.1) is 6.61 Å². The van der Waals surface area contributed by atoms with Crippen molar-refractivity contribution < 1.29 is 9.53 Å². The van der Waals surface area contributed by atoms with Gasteiger partial charge in [-0.25, -0.2) is 4.79 Å². The molecule has 1 aromatic heterocycles. The van der Waals surface area contributed by atoms with Crippen molar-refractivity contribution >= 4 is 5.97 Å². The molecular weight excluding hydrogens is 194 g/mol. The highest BCUT2D eigenvalue weighted by Gasteiger charge is 1.96. The van der Waals surface area contributed by atoms with Crippen LogP contribution in [0.25, 0.3) is 0 Å². The third kappa shape index (κ3) is 3.31. The van der Waals surface area contributed by atoms with Crippen LogP contribution >= 0.6 is 0 Å². The van der Waals surface area contributed by atoms with Crippen molar-refractivity contribution in [2.75, 3.05) is 6.61 Å². The van der Waals surface area contributed by atoms with Gasteiger partial charge in [-0.2, -0.15) is 0 Å². The number of nitrogens with one attached hydrogen (secondary N) is 1. The number of carbonyl (C=O) groups is 1. The highest BCUT2D eigenvalue weighted by Crippen LogP contribution is 1.97. The highest BCUT2D eigenvalue weighted by molar-refractivity contribution is 5.89. The Hall–Kier alpha value is -2.02. The summed E-state index contributed by atoms with van der Waals surface area (Å²) in [5.41, 5.74) is 1.07. The number of carbonyl (C=O) groups excluding carboxylic acids is 1. The van der Waals surface area contributed by atoms with E-state index in [0.29, 0.717) is 17.9 Å². The minimum atomic E-state index is -0.567. The molecule has 4 nitrogen and oxygen atoms in total. The van der Waals surface area contributed by atoms with Gasteiger partial charge in [-0.1, -0.05) is 5.92 Å². The minimum Gasteiger partial charge on any atom is -0.456 e. The number of aromatic nitrogens is 1. The van der Waals surface area contributed by atoms with E-state index in [9.17, 15) is 9.59 Å². The van der Waals surface area contributed by atoms with E-state index in [1.54, 1.807) is 19.9 Å². The summed E-state index contributed by atoms with van der Waals surface area (Å²) < 4.78 is 4.64. The Morgan fingerprint density at radius 3 is 2.87 bits per heavy atom. The molecule has 0 aliphatic carbocycles. The summed E-state index contributed by atoms with van der Waals surface area (Å²) in [5, 5.41) is 0. The molecule has 0 atom stereocenters. The van der Waals surface area contributed by atoms with E-state index in [1.165, 1.54) is 6.07 Å². The molecule has 0 spiro atoms. The van der Waals surface area contributed by atoms with Crippen LogP contribution in [-0.2, 0) is 9.53 Å². The predicted molar refractivity (Wildman–Crippen MR) is 55.3 cm³/mol. The third-order valence-corrected chi connectivity index (χ3v) is 1.69. The molecule has 0 bridgehead atoms. The second-order valence-electron chi connectivity index (χ2n) is 2.83. The third-order valence-electron chi connectivity index (χ3n) is 1.69. The molecule has 1 rings (SSSR count). The maximum absolute atomic E-state index is 10.9. The molecule has 1 heterocycles. The molecule has 0 aliphatic heterocycles. The average molecular weight is 205 g/mol. The minimum absolute atomic E-state index is 0.186. The van der Waals surface area contributed by atoms with Gasteiger partial charge in [-0.3, -0.25) is 4.79 Å². The highest BCUT2D eigenvalue weighted by atomic mass is 16.5. The van der Waals surface area contributed by atoms with Crippen LogP contribution in [0.1, 0.15) is 18.2 Å². The zero-order chi connectivity index (χ0) is 11.3. The second-order valence-corrected chi connectivity index (χ2v) is 2.83. The van der Waals surface area contributed by atoms with Gasteiger partial charge in [0, 0.05) is 23.2 Å². The van der Waals surface area contributed by atoms with E-state index in [0.717, 1.165) is 0 Å². The molecule has 78 valence electrons. The number of aromatic amines is 1. The summed E-state index contributed by atoms with van der Waals surface area (Å²) in [6.45, 7) is 3.74. The van der Waals surface area contributed by atoms with Crippen LogP contribution in [0, 0.1) is 18.8 Å². The van der Waals surface area contributed by atoms with Gasteiger partial charge in [0.25, 0.3) is 0 Å². The number of esters is 1. The van der Waals surface area contributed by atoms with Crippen molar-refractivity contribution in [3.05, 3.63) is 33.7 Å². The maximum Gasteiger partial charge on any atom is 0.384 e. The maximum atomic E-state index is 10.9. The average Bonchev–Trinajstić information content (AvgIpc) is 2.17. The van der Waals surface area contributed by atoms with Crippen molar-refractivity contribution in [3.8, 4) is 11.8 Å². The van der Waals surface area contributed by atoms with Crippen LogP contribution in [0.2, 0.25) is 0 Å². The van der Waals surface area contributed by atoms with Crippen molar-refractivity contribution in [1.82, 2.24) is 4.98 Å². The summed E-state index contributed by atoms with van der Waals surface area (Å²) in [5.74, 6) is 4.39. The number of aryl methyl sites for hydroxylation is 1. The second kappa shape index (κ2) is 5.01. The lowest BCUT2D eigenvalue weighted by atomic mass is 10.2. The molecule has 4 heteroatoms. The number of rotatable bonds is 1. The molecule has 0 unspecified atom stereocenters. The topological polar surface area (TPSA) is 59.2 Å². The van der Waals surface area contributed by atoms with E-state index in [1.807, 2.05) is 0 Å². The fourth-order valence-electron chi connectivity index (χ4n) is 0.999. The van der Waals surface area contributed by atoms with Crippen LogP contribution in [0.15, 0.2) is 16.9 Å². The monoisotopic (exact) mass is 205 g/mol. The Kier molecular flexibility index (Phi) is 3.69. The Morgan fingerprint density at radius 1 is 1.53 bits per heavy atom. The molecule has 0 amide bonds. The Balaban J connectivity index is 2.89. The molecule has 15 heavy (non-hydrogen) atoms. The number of hydrogen-bond donors (Lipinski definition) is 1. The molecular formula is C11H11NO3. The summed E-state index contributed by atoms with van der Waals surface area (Å²) in [7, 11) is 0. The van der Waals surface area contributed by atoms with Crippen LogP contribution in [-0.4, -0.2) is 17.6 Å². The zero-order valence-corrected chi connectivity index (χ0v) is 8.59. The first-order valence-electron chi connectivity index (χ1n) is 4.52. The van der Waals surface area contributed by atoms with Crippen molar-refractivity contribution in [1.29, 1.82) is 0 Å². The quantitative estimate of drug-likeness (QED) is 0.539. The van der Waals surface area contributed by atoms with Crippen LogP contribution in [0.4, 0.5) is 0 Å².